The first-order valence-corrected chi connectivity index (χ1v) is 5.84. The first-order chi connectivity index (χ1) is 7.74. The van der Waals surface area contributed by atoms with Gasteiger partial charge in [0.05, 0.1) is 13.2 Å². The number of rotatable bonds is 5. The van der Waals surface area contributed by atoms with E-state index in [9.17, 15) is 0 Å². The molecule has 90 valence electrons. The highest BCUT2D eigenvalue weighted by atomic mass is 16.5. The van der Waals surface area contributed by atoms with Gasteiger partial charge in [-0.2, -0.15) is 4.80 Å². The zero-order valence-electron chi connectivity index (χ0n) is 9.67. The molecule has 1 fully saturated rings. The Morgan fingerprint density at radius 2 is 2.50 bits per heavy atom. The molecule has 0 bridgehead atoms. The summed E-state index contributed by atoms with van der Waals surface area (Å²) in [5.41, 5.74) is 6.02. The molecule has 1 aliphatic rings. The molecule has 0 spiro atoms. The SMILES string of the molecule is Cn1nnc(CC(N)CCC2CCCO2)n1. The van der Waals surface area contributed by atoms with E-state index in [4.69, 9.17) is 10.5 Å². The number of hydrogen-bond acceptors (Lipinski definition) is 5. The topological polar surface area (TPSA) is 78.9 Å². The Bertz CT molecular complexity index is 321. The summed E-state index contributed by atoms with van der Waals surface area (Å²) in [6.07, 6.45) is 5.48. The van der Waals surface area contributed by atoms with Crippen molar-refractivity contribution in [3.05, 3.63) is 5.82 Å². The van der Waals surface area contributed by atoms with Crippen molar-refractivity contribution >= 4 is 0 Å². The number of aromatic nitrogens is 4. The van der Waals surface area contributed by atoms with Crippen LogP contribution in [0.1, 0.15) is 31.5 Å². The molecule has 1 aromatic rings. The van der Waals surface area contributed by atoms with Gasteiger partial charge in [0.1, 0.15) is 0 Å². The van der Waals surface area contributed by atoms with E-state index in [1.54, 1.807) is 7.05 Å². The zero-order valence-corrected chi connectivity index (χ0v) is 9.67. The van der Waals surface area contributed by atoms with Crippen molar-refractivity contribution in [2.75, 3.05) is 6.61 Å². The molecule has 2 rings (SSSR count). The lowest BCUT2D eigenvalue weighted by Crippen LogP contribution is -2.25. The molecule has 1 aromatic heterocycles. The summed E-state index contributed by atoms with van der Waals surface area (Å²) in [6.45, 7) is 0.908. The second kappa shape index (κ2) is 5.36. The van der Waals surface area contributed by atoms with E-state index in [0.717, 1.165) is 25.3 Å². The maximum atomic E-state index is 6.02. The van der Waals surface area contributed by atoms with Crippen LogP contribution in [-0.4, -0.2) is 39.0 Å². The van der Waals surface area contributed by atoms with Gasteiger partial charge in [-0.3, -0.25) is 0 Å². The van der Waals surface area contributed by atoms with Crippen LogP contribution in [0.2, 0.25) is 0 Å². The van der Waals surface area contributed by atoms with Crippen molar-refractivity contribution in [3.8, 4) is 0 Å². The van der Waals surface area contributed by atoms with Gasteiger partial charge in [0.25, 0.3) is 0 Å². The summed E-state index contributed by atoms with van der Waals surface area (Å²) in [4.78, 5) is 1.46. The summed E-state index contributed by atoms with van der Waals surface area (Å²) in [5.74, 6) is 0.724. The summed E-state index contributed by atoms with van der Waals surface area (Å²) < 4.78 is 5.55. The minimum absolute atomic E-state index is 0.105. The van der Waals surface area contributed by atoms with E-state index in [1.165, 1.54) is 17.6 Å². The minimum Gasteiger partial charge on any atom is -0.378 e. The number of nitrogens with zero attached hydrogens (tertiary/aromatic N) is 4. The third-order valence-electron chi connectivity index (χ3n) is 2.88. The van der Waals surface area contributed by atoms with E-state index in [0.29, 0.717) is 12.5 Å². The van der Waals surface area contributed by atoms with Gasteiger partial charge >= 0.3 is 0 Å². The number of tetrazole rings is 1. The fraction of sp³-hybridized carbons (Fsp3) is 0.900. The van der Waals surface area contributed by atoms with Crippen LogP contribution >= 0.6 is 0 Å². The molecule has 6 nitrogen and oxygen atoms in total. The molecular weight excluding hydrogens is 206 g/mol. The molecule has 1 aliphatic heterocycles. The highest BCUT2D eigenvalue weighted by molar-refractivity contribution is 4.83. The molecule has 2 N–H and O–H groups in total. The zero-order chi connectivity index (χ0) is 11.4. The van der Waals surface area contributed by atoms with Gasteiger partial charge in [-0.1, -0.05) is 0 Å². The van der Waals surface area contributed by atoms with Crippen LogP contribution in [0.3, 0.4) is 0 Å². The van der Waals surface area contributed by atoms with Crippen LogP contribution in [0.4, 0.5) is 0 Å². The number of hydrogen-bond donors (Lipinski definition) is 1. The summed E-state index contributed by atoms with van der Waals surface area (Å²) in [5, 5.41) is 11.8. The number of aryl methyl sites for hydroxylation is 1. The summed E-state index contributed by atoms with van der Waals surface area (Å²) in [7, 11) is 1.76. The van der Waals surface area contributed by atoms with Crippen molar-refractivity contribution in [1.82, 2.24) is 20.2 Å². The van der Waals surface area contributed by atoms with Crippen molar-refractivity contribution in [2.24, 2.45) is 12.8 Å². The predicted molar refractivity (Wildman–Crippen MR) is 58.7 cm³/mol. The summed E-state index contributed by atoms with van der Waals surface area (Å²) in [6, 6.07) is 0.105. The first-order valence-electron chi connectivity index (χ1n) is 5.84. The Morgan fingerprint density at radius 1 is 1.62 bits per heavy atom. The Balaban J connectivity index is 1.69. The summed E-state index contributed by atoms with van der Waals surface area (Å²) >= 11 is 0. The molecule has 0 amide bonds. The average Bonchev–Trinajstić information content (AvgIpc) is 2.87. The van der Waals surface area contributed by atoms with Crippen LogP contribution in [0.5, 0.6) is 0 Å². The van der Waals surface area contributed by atoms with Crippen molar-refractivity contribution in [3.63, 3.8) is 0 Å². The lowest BCUT2D eigenvalue weighted by Gasteiger charge is -2.12. The maximum Gasteiger partial charge on any atom is 0.176 e. The standard InChI is InChI=1S/C10H19N5O/c1-15-13-10(12-14-15)7-8(11)4-5-9-3-2-6-16-9/h8-9H,2-7,11H2,1H3. The van der Waals surface area contributed by atoms with Crippen molar-refractivity contribution in [2.45, 2.75) is 44.2 Å². The second-order valence-electron chi connectivity index (χ2n) is 4.37. The second-order valence-corrected chi connectivity index (χ2v) is 4.37. The van der Waals surface area contributed by atoms with Crippen LogP contribution < -0.4 is 5.73 Å². The monoisotopic (exact) mass is 225 g/mol. The molecule has 16 heavy (non-hydrogen) atoms. The van der Waals surface area contributed by atoms with Crippen LogP contribution in [-0.2, 0) is 18.2 Å². The minimum atomic E-state index is 0.105. The van der Waals surface area contributed by atoms with Gasteiger partial charge in [0, 0.05) is 19.1 Å². The molecule has 1 saturated heterocycles. The Morgan fingerprint density at radius 3 is 3.12 bits per heavy atom. The molecular formula is C10H19N5O. The smallest absolute Gasteiger partial charge is 0.176 e. The van der Waals surface area contributed by atoms with Gasteiger partial charge < -0.3 is 10.5 Å². The van der Waals surface area contributed by atoms with Gasteiger partial charge in [0.2, 0.25) is 0 Å². The third-order valence-corrected chi connectivity index (χ3v) is 2.88. The fourth-order valence-corrected chi connectivity index (χ4v) is 2.01. The third kappa shape index (κ3) is 3.24. The van der Waals surface area contributed by atoms with E-state index in [1.807, 2.05) is 0 Å². The fourth-order valence-electron chi connectivity index (χ4n) is 2.01. The number of nitrogens with two attached hydrogens (primary N) is 1. The maximum absolute atomic E-state index is 6.02. The molecule has 6 heteroatoms. The van der Waals surface area contributed by atoms with E-state index >= 15 is 0 Å². The Kier molecular flexibility index (Phi) is 3.84. The van der Waals surface area contributed by atoms with Crippen LogP contribution in [0, 0.1) is 0 Å². The molecule has 0 saturated carbocycles. The first kappa shape index (κ1) is 11.5. The largest absolute Gasteiger partial charge is 0.378 e. The van der Waals surface area contributed by atoms with E-state index in [-0.39, 0.29) is 6.04 Å². The van der Waals surface area contributed by atoms with Crippen LogP contribution in [0.25, 0.3) is 0 Å². The number of ether oxygens (including phenoxy) is 1. The molecule has 2 heterocycles. The van der Waals surface area contributed by atoms with Gasteiger partial charge in [-0.05, 0) is 30.9 Å². The van der Waals surface area contributed by atoms with Crippen LogP contribution in [0.15, 0.2) is 0 Å². The normalized spacial score (nSPS) is 22.5. The quantitative estimate of drug-likeness (QED) is 0.765. The van der Waals surface area contributed by atoms with Gasteiger partial charge in [-0.25, -0.2) is 0 Å². The molecule has 2 unspecified atom stereocenters. The molecule has 0 aromatic carbocycles. The van der Waals surface area contributed by atoms with Crippen molar-refractivity contribution in [1.29, 1.82) is 0 Å². The molecule has 0 radical (unpaired) electrons. The van der Waals surface area contributed by atoms with Gasteiger partial charge in [0.15, 0.2) is 5.82 Å². The molecule has 2 atom stereocenters. The lowest BCUT2D eigenvalue weighted by molar-refractivity contribution is 0.101. The van der Waals surface area contributed by atoms with Gasteiger partial charge in [-0.15, -0.1) is 10.2 Å². The Labute approximate surface area is 95.1 Å². The van der Waals surface area contributed by atoms with E-state index in [2.05, 4.69) is 15.4 Å². The highest BCUT2D eigenvalue weighted by Crippen LogP contribution is 2.17. The lowest BCUT2D eigenvalue weighted by atomic mass is 10.0. The Hall–Kier alpha value is -1.01. The predicted octanol–water partition coefficient (Wildman–Crippen LogP) is 0.0391. The van der Waals surface area contributed by atoms with Crippen molar-refractivity contribution < 1.29 is 4.74 Å². The average molecular weight is 225 g/mol. The highest BCUT2D eigenvalue weighted by Gasteiger charge is 2.17. The molecule has 0 aliphatic carbocycles. The van der Waals surface area contributed by atoms with E-state index < -0.39 is 0 Å².